The molecule has 5 unspecified atom stereocenters. The molecule has 0 heterocycles. The summed E-state index contributed by atoms with van der Waals surface area (Å²) in [5, 5.41) is 11.0. The maximum Gasteiger partial charge on any atom is 0.316 e. The van der Waals surface area contributed by atoms with Gasteiger partial charge in [-0.3, -0.25) is 4.79 Å². The minimum Gasteiger partial charge on any atom is -0.461 e. The molecule has 0 bridgehead atoms. The van der Waals surface area contributed by atoms with Crippen molar-refractivity contribution in [3.63, 3.8) is 0 Å². The van der Waals surface area contributed by atoms with E-state index in [1.165, 1.54) is 63.4 Å². The molecule has 0 spiro atoms. The van der Waals surface area contributed by atoms with Gasteiger partial charge in [0, 0.05) is 12.0 Å². The molecule has 1 N–H and O–H groups in total. The summed E-state index contributed by atoms with van der Waals surface area (Å²) in [6, 6.07) is 0. The Morgan fingerprint density at radius 3 is 2.28 bits per heavy atom. The molecule has 0 aromatic rings. The summed E-state index contributed by atoms with van der Waals surface area (Å²) in [5.74, 6) is 3.03. The predicted octanol–water partition coefficient (Wildman–Crippen LogP) is 7.94. The van der Waals surface area contributed by atoms with E-state index in [0.29, 0.717) is 47.0 Å². The standard InChI is InChI=1S/C32H51BrO3/c1-20(2)21-10-15-32(19-34)17-16-30(6)22(27(21)32)8-9-24-29(5)13-12-25(36-26(35)18-33)28(3,4)23(29)11-14-31(24,30)7/h21-25,27,34H,1,8-19H2,2-7H3/t21?,22?,23?,24?,25-,27?,29-,30+,31+,32+/m0/s1. The first-order chi connectivity index (χ1) is 16.8. The van der Waals surface area contributed by atoms with E-state index >= 15 is 0 Å². The van der Waals surface area contributed by atoms with Crippen LogP contribution in [0.25, 0.3) is 0 Å². The molecule has 0 amide bonds. The molecule has 0 radical (unpaired) electrons. The van der Waals surface area contributed by atoms with Crippen LogP contribution in [0.3, 0.4) is 0 Å². The number of fused-ring (bicyclic) bond motifs is 7. The van der Waals surface area contributed by atoms with Crippen LogP contribution in [0.1, 0.15) is 106 Å². The Kier molecular flexibility index (Phi) is 6.68. The highest BCUT2D eigenvalue weighted by Gasteiger charge is 2.71. The minimum absolute atomic E-state index is 0.000972. The monoisotopic (exact) mass is 562 g/mol. The fraction of sp³-hybridized carbons (Fsp3) is 0.906. The summed E-state index contributed by atoms with van der Waals surface area (Å²) < 4.78 is 6.00. The van der Waals surface area contributed by atoms with Crippen LogP contribution in [-0.4, -0.2) is 29.1 Å². The zero-order chi connectivity index (χ0) is 26.3. The number of esters is 1. The third kappa shape index (κ3) is 3.47. The second-order valence-corrected chi connectivity index (χ2v) is 15.7. The summed E-state index contributed by atoms with van der Waals surface area (Å²) in [4.78, 5) is 12.2. The van der Waals surface area contributed by atoms with Crippen molar-refractivity contribution in [1.82, 2.24) is 0 Å². The van der Waals surface area contributed by atoms with Crippen molar-refractivity contribution in [2.45, 2.75) is 112 Å². The molecular weight excluding hydrogens is 512 g/mol. The van der Waals surface area contributed by atoms with E-state index < -0.39 is 0 Å². The summed E-state index contributed by atoms with van der Waals surface area (Å²) >= 11 is 3.30. The smallest absolute Gasteiger partial charge is 0.316 e. The lowest BCUT2D eigenvalue weighted by atomic mass is 9.32. The Balaban J connectivity index is 1.49. The highest BCUT2D eigenvalue weighted by atomic mass is 79.9. The van der Waals surface area contributed by atoms with Crippen molar-refractivity contribution >= 4 is 21.9 Å². The number of halogens is 1. The molecule has 0 aromatic carbocycles. The van der Waals surface area contributed by atoms with Gasteiger partial charge in [-0.2, -0.15) is 0 Å². The zero-order valence-corrected chi connectivity index (χ0v) is 25.4. The van der Waals surface area contributed by atoms with Gasteiger partial charge in [-0.1, -0.05) is 62.7 Å². The molecule has 5 rings (SSSR count). The lowest BCUT2D eigenvalue weighted by Gasteiger charge is -2.73. The molecule has 204 valence electrons. The second-order valence-electron chi connectivity index (χ2n) is 15.2. The summed E-state index contributed by atoms with van der Waals surface area (Å²) in [7, 11) is 0. The number of aliphatic hydroxyl groups excluding tert-OH is 1. The molecule has 36 heavy (non-hydrogen) atoms. The van der Waals surface area contributed by atoms with Crippen molar-refractivity contribution in [1.29, 1.82) is 0 Å². The fourth-order valence-corrected chi connectivity index (χ4v) is 12.1. The van der Waals surface area contributed by atoms with Crippen molar-refractivity contribution in [2.24, 2.45) is 56.7 Å². The van der Waals surface area contributed by atoms with Gasteiger partial charge in [0.2, 0.25) is 0 Å². The lowest BCUT2D eigenvalue weighted by Crippen LogP contribution is -2.67. The Morgan fingerprint density at radius 2 is 1.64 bits per heavy atom. The van der Waals surface area contributed by atoms with Crippen LogP contribution in [0.4, 0.5) is 0 Å². The molecule has 4 heteroatoms. The number of ether oxygens (including phenoxy) is 1. The Morgan fingerprint density at radius 1 is 0.917 bits per heavy atom. The van der Waals surface area contributed by atoms with Gasteiger partial charge in [0.05, 0.1) is 0 Å². The van der Waals surface area contributed by atoms with E-state index in [4.69, 9.17) is 4.74 Å². The number of allylic oxidation sites excluding steroid dienone is 1. The van der Waals surface area contributed by atoms with E-state index in [2.05, 4.69) is 64.1 Å². The molecule has 0 saturated heterocycles. The van der Waals surface area contributed by atoms with Gasteiger partial charge < -0.3 is 9.84 Å². The number of aliphatic hydroxyl groups is 1. The van der Waals surface area contributed by atoms with Crippen molar-refractivity contribution < 1.29 is 14.6 Å². The van der Waals surface area contributed by atoms with Crippen LogP contribution in [0.2, 0.25) is 0 Å². The van der Waals surface area contributed by atoms with Gasteiger partial charge >= 0.3 is 5.97 Å². The summed E-state index contributed by atoms with van der Waals surface area (Å²) in [5.41, 5.74) is 2.39. The van der Waals surface area contributed by atoms with Gasteiger partial charge in [0.15, 0.2) is 0 Å². The van der Waals surface area contributed by atoms with Gasteiger partial charge in [0.1, 0.15) is 11.4 Å². The average molecular weight is 564 g/mol. The molecule has 10 atom stereocenters. The third-order valence-corrected chi connectivity index (χ3v) is 14.3. The van der Waals surface area contributed by atoms with Crippen LogP contribution < -0.4 is 0 Å². The Hall–Kier alpha value is -0.350. The van der Waals surface area contributed by atoms with Crippen molar-refractivity contribution in [3.05, 3.63) is 12.2 Å². The zero-order valence-electron chi connectivity index (χ0n) is 23.8. The molecule has 0 aromatic heterocycles. The highest BCUT2D eigenvalue weighted by molar-refractivity contribution is 9.09. The number of hydrogen-bond acceptors (Lipinski definition) is 3. The normalized spacial score (nSPS) is 51.3. The summed E-state index contributed by atoms with van der Waals surface area (Å²) in [6.45, 7) is 19.8. The number of carbonyl (C=O) groups excluding carboxylic acids is 1. The number of alkyl halides is 1. The maximum atomic E-state index is 12.2. The predicted molar refractivity (Wildman–Crippen MR) is 150 cm³/mol. The number of hydrogen-bond donors (Lipinski definition) is 1. The minimum atomic E-state index is -0.122. The first kappa shape index (κ1) is 27.2. The van der Waals surface area contributed by atoms with Crippen molar-refractivity contribution in [3.8, 4) is 0 Å². The van der Waals surface area contributed by atoms with Gasteiger partial charge in [-0.05, 0) is 122 Å². The quantitative estimate of drug-likeness (QED) is 0.215. The molecular formula is C32H51BrO3. The third-order valence-electron chi connectivity index (χ3n) is 13.9. The van der Waals surface area contributed by atoms with E-state index in [0.717, 1.165) is 6.42 Å². The van der Waals surface area contributed by atoms with E-state index in [1.807, 2.05) is 0 Å². The highest BCUT2D eigenvalue weighted by Crippen LogP contribution is 2.77. The largest absolute Gasteiger partial charge is 0.461 e. The van der Waals surface area contributed by atoms with E-state index in [1.54, 1.807) is 0 Å². The van der Waals surface area contributed by atoms with Crippen LogP contribution in [-0.2, 0) is 9.53 Å². The average Bonchev–Trinajstić information content (AvgIpc) is 3.22. The van der Waals surface area contributed by atoms with Crippen LogP contribution in [0.5, 0.6) is 0 Å². The molecule has 3 nitrogen and oxygen atoms in total. The fourth-order valence-electron chi connectivity index (χ4n) is 11.9. The van der Waals surface area contributed by atoms with Crippen LogP contribution in [0, 0.1) is 56.7 Å². The maximum absolute atomic E-state index is 12.2. The van der Waals surface area contributed by atoms with Gasteiger partial charge in [-0.25, -0.2) is 0 Å². The summed E-state index contributed by atoms with van der Waals surface area (Å²) in [6.07, 6.45) is 12.2. The van der Waals surface area contributed by atoms with Gasteiger partial charge in [-0.15, -0.1) is 0 Å². The van der Waals surface area contributed by atoms with E-state index in [-0.39, 0.29) is 33.6 Å². The molecule has 0 aliphatic heterocycles. The topological polar surface area (TPSA) is 46.5 Å². The van der Waals surface area contributed by atoms with Gasteiger partial charge in [0.25, 0.3) is 0 Å². The number of carbonyl (C=O) groups is 1. The first-order valence-electron chi connectivity index (χ1n) is 14.8. The molecule has 5 aliphatic rings. The Labute approximate surface area is 228 Å². The van der Waals surface area contributed by atoms with Crippen molar-refractivity contribution in [2.75, 3.05) is 11.9 Å². The Bertz CT molecular complexity index is 913. The molecule has 5 fully saturated rings. The molecule has 5 saturated carbocycles. The van der Waals surface area contributed by atoms with Crippen LogP contribution in [0.15, 0.2) is 12.2 Å². The number of rotatable bonds is 4. The molecule has 5 aliphatic carbocycles. The lowest BCUT2D eigenvalue weighted by molar-refractivity contribution is -0.251. The van der Waals surface area contributed by atoms with Crippen LogP contribution >= 0.6 is 15.9 Å². The SMILES string of the molecule is C=C(C)C1CC[C@]2(CO)CC[C@]3(C)C(CCC4[C@@]5(C)CC[C@H](OC(=O)CBr)C(C)(C)C5CC[C@]43C)C12. The van der Waals surface area contributed by atoms with E-state index in [9.17, 15) is 9.90 Å². The second kappa shape index (κ2) is 8.83. The first-order valence-corrected chi connectivity index (χ1v) is 15.9.